The van der Waals surface area contributed by atoms with Crippen molar-refractivity contribution in [3.63, 3.8) is 0 Å². The lowest BCUT2D eigenvalue weighted by atomic mass is 9.92. The molecule has 118 valence electrons. The molecule has 0 bridgehead atoms. The van der Waals surface area contributed by atoms with Gasteiger partial charge in [0.2, 0.25) is 5.91 Å². The summed E-state index contributed by atoms with van der Waals surface area (Å²) in [5, 5.41) is 18.7. The van der Waals surface area contributed by atoms with Crippen molar-refractivity contribution in [1.29, 1.82) is 0 Å². The van der Waals surface area contributed by atoms with E-state index in [0.717, 1.165) is 12.2 Å². The van der Waals surface area contributed by atoms with Crippen molar-refractivity contribution in [1.82, 2.24) is 4.90 Å². The molecule has 1 saturated heterocycles. The van der Waals surface area contributed by atoms with Crippen molar-refractivity contribution in [3.8, 4) is 0 Å². The molecular formula is C13H20N2O4S2. The van der Waals surface area contributed by atoms with E-state index in [0.29, 0.717) is 11.3 Å². The number of aliphatic hydroxyl groups is 1. The standard InChI is InChI=1S/C13H20N2O4S2/c1-6(16)8-11(17)15-9(13(18)19)10(21-12(8)15)7(14)4-3-5-20-2/h6-8,12,16H,3-5,14H2,1-2H3,(H,18,19)/t6?,7-,8+,12-/m1/s1. The Kier molecular flexibility index (Phi) is 5.24. The summed E-state index contributed by atoms with van der Waals surface area (Å²) in [5.41, 5.74) is 6.12. The number of carbonyl (C=O) groups is 2. The van der Waals surface area contributed by atoms with Gasteiger partial charge in [-0.3, -0.25) is 9.69 Å². The van der Waals surface area contributed by atoms with Gasteiger partial charge in [0.25, 0.3) is 0 Å². The summed E-state index contributed by atoms with van der Waals surface area (Å²) in [6, 6.07) is -0.374. The van der Waals surface area contributed by atoms with Gasteiger partial charge in [-0.1, -0.05) is 11.8 Å². The highest BCUT2D eigenvalue weighted by atomic mass is 32.2. The number of carboxylic acid groups (broad SMARTS) is 1. The molecule has 0 aliphatic carbocycles. The van der Waals surface area contributed by atoms with Crippen LogP contribution in [-0.4, -0.2) is 56.5 Å². The Morgan fingerprint density at radius 1 is 1.57 bits per heavy atom. The second-order valence-corrected chi connectivity index (χ2v) is 7.39. The number of nitrogens with two attached hydrogens (primary N) is 1. The van der Waals surface area contributed by atoms with Gasteiger partial charge in [0.15, 0.2) is 0 Å². The Bertz CT molecular complexity index is 481. The quantitative estimate of drug-likeness (QED) is 0.465. The van der Waals surface area contributed by atoms with Crippen LogP contribution in [0, 0.1) is 5.92 Å². The van der Waals surface area contributed by atoms with E-state index in [1.54, 1.807) is 18.7 Å². The van der Waals surface area contributed by atoms with Crippen molar-refractivity contribution >= 4 is 35.4 Å². The normalized spacial score (nSPS) is 27.4. The molecule has 0 radical (unpaired) electrons. The van der Waals surface area contributed by atoms with E-state index in [1.807, 2.05) is 6.26 Å². The van der Waals surface area contributed by atoms with E-state index in [1.165, 1.54) is 16.7 Å². The maximum Gasteiger partial charge on any atom is 0.353 e. The van der Waals surface area contributed by atoms with Crippen LogP contribution >= 0.6 is 23.5 Å². The van der Waals surface area contributed by atoms with E-state index in [9.17, 15) is 19.8 Å². The first-order valence-corrected chi connectivity index (χ1v) is 9.07. The first-order valence-electron chi connectivity index (χ1n) is 6.80. The number of rotatable bonds is 7. The summed E-state index contributed by atoms with van der Waals surface area (Å²) < 4.78 is 0. The fourth-order valence-corrected chi connectivity index (χ4v) is 4.76. The number of aliphatic hydroxyl groups excluding tert-OH is 1. The minimum absolute atomic E-state index is 0.00329. The summed E-state index contributed by atoms with van der Waals surface area (Å²) in [5.74, 6) is -1.03. The second-order valence-electron chi connectivity index (χ2n) is 5.24. The molecule has 2 heterocycles. The predicted octanol–water partition coefficient (Wildman–Crippen LogP) is 0.665. The zero-order valence-electron chi connectivity index (χ0n) is 12.0. The number of nitrogens with zero attached hydrogens (tertiary/aromatic N) is 1. The smallest absolute Gasteiger partial charge is 0.353 e. The van der Waals surface area contributed by atoms with Crippen molar-refractivity contribution in [3.05, 3.63) is 10.6 Å². The van der Waals surface area contributed by atoms with Crippen LogP contribution in [0.5, 0.6) is 0 Å². The third kappa shape index (κ3) is 2.94. The zero-order chi connectivity index (χ0) is 15.7. The molecular weight excluding hydrogens is 312 g/mol. The molecule has 4 atom stereocenters. The number of aliphatic carboxylic acids is 1. The van der Waals surface area contributed by atoms with Crippen LogP contribution in [-0.2, 0) is 9.59 Å². The number of β-lactam (4-membered cyclic amide) rings is 1. The van der Waals surface area contributed by atoms with Gasteiger partial charge in [-0.25, -0.2) is 4.79 Å². The SMILES string of the molecule is CSCCC[C@@H](N)C1=C(C(=O)O)N2C(=O)[C@H](C(C)O)[C@H]2S1. The summed E-state index contributed by atoms with van der Waals surface area (Å²) >= 11 is 3.03. The average Bonchev–Trinajstić information content (AvgIpc) is 2.73. The molecule has 2 aliphatic heterocycles. The molecule has 0 spiro atoms. The molecule has 4 N–H and O–H groups in total. The Labute approximate surface area is 132 Å². The lowest BCUT2D eigenvalue weighted by Gasteiger charge is -2.43. The van der Waals surface area contributed by atoms with Crippen molar-refractivity contribution in [2.75, 3.05) is 12.0 Å². The number of hydrogen-bond donors (Lipinski definition) is 3. The molecule has 8 heteroatoms. The van der Waals surface area contributed by atoms with Gasteiger partial charge in [0.1, 0.15) is 11.1 Å². The van der Waals surface area contributed by atoms with Crippen LogP contribution in [0.2, 0.25) is 0 Å². The number of carbonyl (C=O) groups excluding carboxylic acids is 1. The Morgan fingerprint density at radius 2 is 2.24 bits per heavy atom. The van der Waals surface area contributed by atoms with Crippen LogP contribution in [0.15, 0.2) is 10.6 Å². The Balaban J connectivity index is 2.16. The van der Waals surface area contributed by atoms with Crippen molar-refractivity contribution < 1.29 is 19.8 Å². The molecule has 1 unspecified atom stereocenters. The van der Waals surface area contributed by atoms with Crippen LogP contribution in [0.3, 0.4) is 0 Å². The molecule has 0 aromatic heterocycles. The highest BCUT2D eigenvalue weighted by Gasteiger charge is 2.58. The molecule has 2 aliphatic rings. The third-order valence-electron chi connectivity index (χ3n) is 3.73. The molecule has 21 heavy (non-hydrogen) atoms. The van der Waals surface area contributed by atoms with Gasteiger partial charge >= 0.3 is 5.97 Å². The van der Waals surface area contributed by atoms with Gasteiger partial charge in [-0.15, -0.1) is 0 Å². The van der Waals surface area contributed by atoms with Crippen LogP contribution < -0.4 is 5.73 Å². The minimum atomic E-state index is -1.13. The second kappa shape index (κ2) is 6.60. The van der Waals surface area contributed by atoms with E-state index in [2.05, 4.69) is 0 Å². The number of thioether (sulfide) groups is 2. The monoisotopic (exact) mass is 332 g/mol. The summed E-state index contributed by atoms with van der Waals surface area (Å²) in [4.78, 5) is 25.3. The Hall–Kier alpha value is -0.700. The molecule has 1 fully saturated rings. The minimum Gasteiger partial charge on any atom is -0.477 e. The van der Waals surface area contributed by atoms with E-state index >= 15 is 0 Å². The first kappa shape index (κ1) is 16.7. The molecule has 1 amide bonds. The molecule has 6 nitrogen and oxygen atoms in total. The highest BCUT2D eigenvalue weighted by molar-refractivity contribution is 8.04. The maximum absolute atomic E-state index is 12.0. The largest absolute Gasteiger partial charge is 0.477 e. The van der Waals surface area contributed by atoms with E-state index in [4.69, 9.17) is 5.73 Å². The molecule has 0 aromatic rings. The first-order chi connectivity index (χ1) is 9.90. The topological polar surface area (TPSA) is 104 Å². The molecule has 2 rings (SSSR count). The molecule has 0 saturated carbocycles. The van der Waals surface area contributed by atoms with Crippen LogP contribution in [0.4, 0.5) is 0 Å². The van der Waals surface area contributed by atoms with Gasteiger partial charge < -0.3 is 15.9 Å². The molecule has 0 aromatic carbocycles. The van der Waals surface area contributed by atoms with Crippen LogP contribution in [0.25, 0.3) is 0 Å². The summed E-state index contributed by atoms with van der Waals surface area (Å²) in [7, 11) is 0. The van der Waals surface area contributed by atoms with Gasteiger partial charge in [-0.05, 0) is 31.8 Å². The van der Waals surface area contributed by atoms with Gasteiger partial charge in [0.05, 0.1) is 12.0 Å². The van der Waals surface area contributed by atoms with Crippen molar-refractivity contribution in [2.24, 2.45) is 11.7 Å². The number of fused-ring (bicyclic) bond motifs is 1. The zero-order valence-corrected chi connectivity index (χ0v) is 13.6. The summed E-state index contributed by atoms with van der Waals surface area (Å²) in [6.07, 6.45) is 2.81. The van der Waals surface area contributed by atoms with E-state index in [-0.39, 0.29) is 23.0 Å². The number of amides is 1. The predicted molar refractivity (Wildman–Crippen MR) is 83.6 cm³/mol. The van der Waals surface area contributed by atoms with Gasteiger partial charge in [-0.2, -0.15) is 11.8 Å². The lowest BCUT2D eigenvalue weighted by Crippen LogP contribution is -2.60. The van der Waals surface area contributed by atoms with E-state index < -0.39 is 18.0 Å². The third-order valence-corrected chi connectivity index (χ3v) is 5.92. The fraction of sp³-hybridized carbons (Fsp3) is 0.692. The Morgan fingerprint density at radius 3 is 2.76 bits per heavy atom. The number of carboxylic acids is 1. The fourth-order valence-electron chi connectivity index (χ4n) is 2.65. The number of hydrogen-bond acceptors (Lipinski definition) is 6. The van der Waals surface area contributed by atoms with Gasteiger partial charge in [0, 0.05) is 10.9 Å². The maximum atomic E-state index is 12.0. The van der Waals surface area contributed by atoms with Crippen molar-refractivity contribution in [2.45, 2.75) is 37.3 Å². The highest BCUT2D eigenvalue weighted by Crippen LogP contribution is 2.51. The average molecular weight is 332 g/mol. The van der Waals surface area contributed by atoms with Crippen LogP contribution in [0.1, 0.15) is 19.8 Å². The summed E-state index contributed by atoms with van der Waals surface area (Å²) in [6.45, 7) is 1.55. The lowest BCUT2D eigenvalue weighted by molar-refractivity contribution is -0.156.